The summed E-state index contributed by atoms with van der Waals surface area (Å²) in [5, 5.41) is 5.99. The molecule has 0 unspecified atom stereocenters. The van der Waals surface area contributed by atoms with Crippen LogP contribution >= 0.6 is 11.3 Å². The highest BCUT2D eigenvalue weighted by Gasteiger charge is 2.16. The van der Waals surface area contributed by atoms with Gasteiger partial charge in [0.15, 0.2) is 0 Å². The van der Waals surface area contributed by atoms with E-state index in [1.165, 1.54) is 0 Å². The van der Waals surface area contributed by atoms with Gasteiger partial charge in [-0.15, -0.1) is 11.3 Å². The van der Waals surface area contributed by atoms with Crippen molar-refractivity contribution in [3.63, 3.8) is 0 Å². The van der Waals surface area contributed by atoms with E-state index in [9.17, 15) is 0 Å². The van der Waals surface area contributed by atoms with Gasteiger partial charge in [-0.2, -0.15) is 4.98 Å². The Labute approximate surface area is 120 Å². The normalized spacial score (nSPS) is 10.7. The van der Waals surface area contributed by atoms with Crippen molar-refractivity contribution in [1.82, 2.24) is 15.1 Å². The summed E-state index contributed by atoms with van der Waals surface area (Å²) >= 11 is 1.56. The molecule has 0 saturated carbocycles. The van der Waals surface area contributed by atoms with Gasteiger partial charge in [-0.05, 0) is 37.4 Å². The molecular weight excluding hydrogens is 274 g/mol. The average Bonchev–Trinajstić information content (AvgIpc) is 3.10. The molecule has 3 rings (SSSR count). The molecule has 3 aromatic rings. The number of hydrogen-bond acceptors (Lipinski definition) is 6. The summed E-state index contributed by atoms with van der Waals surface area (Å²) in [5.74, 6) is 1.54. The summed E-state index contributed by atoms with van der Waals surface area (Å²) in [6, 6.07) is 7.69. The van der Waals surface area contributed by atoms with Crippen LogP contribution in [-0.2, 0) is 0 Å². The number of pyridine rings is 1. The second-order valence-corrected chi connectivity index (χ2v) is 5.09. The highest BCUT2D eigenvalue weighted by atomic mass is 32.1. The minimum absolute atomic E-state index is 0.490. The molecule has 0 aromatic carbocycles. The van der Waals surface area contributed by atoms with Gasteiger partial charge in [0.05, 0.1) is 17.0 Å². The van der Waals surface area contributed by atoms with Crippen LogP contribution in [0.4, 0.5) is 0 Å². The first kappa shape index (κ1) is 12.8. The van der Waals surface area contributed by atoms with Crippen molar-refractivity contribution in [2.45, 2.75) is 13.8 Å². The van der Waals surface area contributed by atoms with Gasteiger partial charge >= 0.3 is 0 Å². The molecule has 6 heteroatoms. The highest BCUT2D eigenvalue weighted by Crippen LogP contribution is 2.29. The Kier molecular flexibility index (Phi) is 3.47. The van der Waals surface area contributed by atoms with E-state index in [0.29, 0.717) is 24.2 Å². The fourth-order valence-electron chi connectivity index (χ4n) is 1.78. The van der Waals surface area contributed by atoms with E-state index in [-0.39, 0.29) is 0 Å². The molecule has 3 aromatic heterocycles. The van der Waals surface area contributed by atoms with Crippen molar-refractivity contribution in [3.8, 4) is 28.0 Å². The maximum absolute atomic E-state index is 5.54. The third-order valence-corrected chi connectivity index (χ3v) is 3.54. The Morgan fingerprint density at radius 3 is 2.90 bits per heavy atom. The summed E-state index contributed by atoms with van der Waals surface area (Å²) in [6.07, 6.45) is 0. The number of aromatic nitrogens is 3. The predicted octanol–water partition coefficient (Wildman–Crippen LogP) is 3.57. The Morgan fingerprint density at radius 2 is 2.15 bits per heavy atom. The van der Waals surface area contributed by atoms with Crippen LogP contribution in [0.1, 0.15) is 12.6 Å². The summed E-state index contributed by atoms with van der Waals surface area (Å²) in [5.41, 5.74) is 1.63. The van der Waals surface area contributed by atoms with Gasteiger partial charge in [-0.1, -0.05) is 11.2 Å². The molecule has 0 N–H and O–H groups in total. The summed E-state index contributed by atoms with van der Waals surface area (Å²) < 4.78 is 10.8. The first-order valence-corrected chi connectivity index (χ1v) is 7.14. The minimum atomic E-state index is 0.490. The summed E-state index contributed by atoms with van der Waals surface area (Å²) in [6.45, 7) is 4.37. The van der Waals surface area contributed by atoms with Gasteiger partial charge in [0, 0.05) is 5.69 Å². The van der Waals surface area contributed by atoms with Gasteiger partial charge in [-0.25, -0.2) is 4.98 Å². The standard InChI is InChI=1S/C14H13N3O2S/c1-3-18-13-10(7-6-9(2)15-13)12-16-14(19-17-12)11-5-4-8-20-11/h4-8H,3H2,1-2H3. The smallest absolute Gasteiger partial charge is 0.268 e. The molecule has 20 heavy (non-hydrogen) atoms. The Morgan fingerprint density at radius 1 is 1.25 bits per heavy atom. The third-order valence-electron chi connectivity index (χ3n) is 2.68. The maximum atomic E-state index is 5.54. The molecule has 0 aliphatic carbocycles. The number of nitrogens with zero attached hydrogens (tertiary/aromatic N) is 3. The zero-order valence-corrected chi connectivity index (χ0v) is 12.0. The molecule has 0 aliphatic heterocycles. The van der Waals surface area contributed by atoms with Gasteiger partial charge in [0.2, 0.25) is 11.7 Å². The van der Waals surface area contributed by atoms with E-state index in [4.69, 9.17) is 9.26 Å². The largest absolute Gasteiger partial charge is 0.477 e. The molecule has 0 bridgehead atoms. The Bertz CT molecular complexity index is 707. The van der Waals surface area contributed by atoms with E-state index in [1.807, 2.05) is 43.5 Å². The molecular formula is C14H13N3O2S. The summed E-state index contributed by atoms with van der Waals surface area (Å²) in [7, 11) is 0. The zero-order valence-electron chi connectivity index (χ0n) is 11.2. The van der Waals surface area contributed by atoms with Crippen molar-refractivity contribution in [2.24, 2.45) is 0 Å². The lowest BCUT2D eigenvalue weighted by Crippen LogP contribution is -1.98. The van der Waals surface area contributed by atoms with Crippen LogP contribution in [0.25, 0.3) is 22.2 Å². The lowest BCUT2D eigenvalue weighted by atomic mass is 10.2. The van der Waals surface area contributed by atoms with Gasteiger partial charge in [0.25, 0.3) is 5.89 Å². The van der Waals surface area contributed by atoms with Crippen LogP contribution in [0.2, 0.25) is 0 Å². The lowest BCUT2D eigenvalue weighted by Gasteiger charge is -2.06. The second-order valence-electron chi connectivity index (χ2n) is 4.14. The minimum Gasteiger partial charge on any atom is -0.477 e. The Balaban J connectivity index is 2.01. The monoisotopic (exact) mass is 287 g/mol. The first-order valence-electron chi connectivity index (χ1n) is 6.26. The molecule has 0 radical (unpaired) electrons. The fourth-order valence-corrected chi connectivity index (χ4v) is 2.43. The summed E-state index contributed by atoms with van der Waals surface area (Å²) in [4.78, 5) is 9.72. The molecule has 102 valence electrons. The molecule has 0 fully saturated rings. The van der Waals surface area contributed by atoms with Crippen LogP contribution in [0.15, 0.2) is 34.2 Å². The van der Waals surface area contributed by atoms with Crippen molar-refractivity contribution in [1.29, 1.82) is 0 Å². The molecule has 0 aliphatic rings. The molecule has 0 amide bonds. The van der Waals surface area contributed by atoms with Crippen molar-refractivity contribution in [2.75, 3.05) is 6.61 Å². The van der Waals surface area contributed by atoms with Gasteiger partial charge in [0.1, 0.15) is 0 Å². The zero-order chi connectivity index (χ0) is 13.9. The second kappa shape index (κ2) is 5.42. The predicted molar refractivity (Wildman–Crippen MR) is 76.7 cm³/mol. The topological polar surface area (TPSA) is 61.0 Å². The fraction of sp³-hybridized carbons (Fsp3) is 0.214. The number of thiophene rings is 1. The van der Waals surface area contributed by atoms with Crippen LogP contribution in [0.5, 0.6) is 5.88 Å². The van der Waals surface area contributed by atoms with E-state index >= 15 is 0 Å². The highest BCUT2D eigenvalue weighted by molar-refractivity contribution is 7.13. The number of hydrogen-bond donors (Lipinski definition) is 0. The van der Waals surface area contributed by atoms with Crippen LogP contribution in [0.3, 0.4) is 0 Å². The SMILES string of the molecule is CCOc1nc(C)ccc1-c1noc(-c2cccs2)n1. The van der Waals surface area contributed by atoms with Crippen molar-refractivity contribution < 1.29 is 9.26 Å². The van der Waals surface area contributed by atoms with E-state index in [1.54, 1.807) is 11.3 Å². The van der Waals surface area contributed by atoms with E-state index < -0.39 is 0 Å². The number of rotatable bonds is 4. The van der Waals surface area contributed by atoms with Crippen LogP contribution in [0, 0.1) is 6.92 Å². The van der Waals surface area contributed by atoms with Crippen LogP contribution in [-0.4, -0.2) is 21.7 Å². The van der Waals surface area contributed by atoms with E-state index in [2.05, 4.69) is 15.1 Å². The average molecular weight is 287 g/mol. The van der Waals surface area contributed by atoms with Crippen LogP contribution < -0.4 is 4.74 Å². The van der Waals surface area contributed by atoms with E-state index in [0.717, 1.165) is 16.1 Å². The van der Waals surface area contributed by atoms with Gasteiger partial charge in [-0.3, -0.25) is 0 Å². The molecule has 0 spiro atoms. The van der Waals surface area contributed by atoms with Crippen molar-refractivity contribution in [3.05, 3.63) is 35.3 Å². The number of aryl methyl sites for hydroxylation is 1. The molecule has 3 heterocycles. The number of ether oxygens (including phenoxy) is 1. The van der Waals surface area contributed by atoms with Gasteiger partial charge < -0.3 is 9.26 Å². The molecule has 0 atom stereocenters. The Hall–Kier alpha value is -2.21. The lowest BCUT2D eigenvalue weighted by molar-refractivity contribution is 0.327. The first-order chi connectivity index (χ1) is 9.78. The third kappa shape index (κ3) is 2.42. The van der Waals surface area contributed by atoms with Crippen molar-refractivity contribution >= 4 is 11.3 Å². The molecule has 5 nitrogen and oxygen atoms in total. The quantitative estimate of drug-likeness (QED) is 0.734. The molecule has 0 saturated heterocycles. The maximum Gasteiger partial charge on any atom is 0.268 e.